The lowest BCUT2D eigenvalue weighted by Crippen LogP contribution is -2.50. The molecule has 1 aromatic heterocycles. The number of amides is 2. The molecule has 3 aliphatic rings. The van der Waals surface area contributed by atoms with Gasteiger partial charge in [-0.2, -0.15) is 5.10 Å². The molecule has 2 N–H and O–H groups in total. The number of fused-ring (bicyclic) bond motifs is 1. The Kier molecular flexibility index (Phi) is 5.56. The molecule has 3 aliphatic carbocycles. The summed E-state index contributed by atoms with van der Waals surface area (Å²) in [4.78, 5) is 26.8. The van der Waals surface area contributed by atoms with Gasteiger partial charge in [-0.1, -0.05) is 13.0 Å². The van der Waals surface area contributed by atoms with Crippen LogP contribution in [-0.2, 0) is 11.2 Å². The van der Waals surface area contributed by atoms with Crippen molar-refractivity contribution in [3.8, 4) is 0 Å². The van der Waals surface area contributed by atoms with Gasteiger partial charge in [-0.15, -0.1) is 0 Å². The van der Waals surface area contributed by atoms with Gasteiger partial charge in [0.05, 0.1) is 0 Å². The monoisotopic (exact) mass is 434 g/mol. The highest BCUT2D eigenvalue weighted by atomic mass is 16.2. The summed E-state index contributed by atoms with van der Waals surface area (Å²) in [5, 5.41) is 10.6. The van der Waals surface area contributed by atoms with Gasteiger partial charge in [0.2, 0.25) is 5.91 Å². The minimum atomic E-state index is -0.523. The number of nitrogens with zero attached hydrogens (tertiary/aromatic N) is 2. The molecule has 6 heteroatoms. The smallest absolute Gasteiger partial charge is 0.270 e. The van der Waals surface area contributed by atoms with Crippen LogP contribution in [0.2, 0.25) is 0 Å². The second-order valence-corrected chi connectivity index (χ2v) is 10.3. The van der Waals surface area contributed by atoms with Crippen LogP contribution >= 0.6 is 0 Å². The van der Waals surface area contributed by atoms with Crippen LogP contribution in [0.3, 0.4) is 0 Å². The maximum atomic E-state index is 13.6. The second-order valence-electron chi connectivity index (χ2n) is 10.3. The van der Waals surface area contributed by atoms with E-state index in [1.54, 1.807) is 16.9 Å². The normalized spacial score (nSPS) is 21.0. The first kappa shape index (κ1) is 21.2. The lowest BCUT2D eigenvalue weighted by atomic mass is 9.88. The van der Waals surface area contributed by atoms with Gasteiger partial charge in [-0.05, 0) is 105 Å². The van der Waals surface area contributed by atoms with E-state index in [0.29, 0.717) is 23.4 Å². The molecule has 2 fully saturated rings. The average Bonchev–Trinajstić information content (AvgIpc) is 3.69. The molecule has 2 atom stereocenters. The number of carbonyl (C=O) groups is 2. The van der Waals surface area contributed by atoms with Crippen molar-refractivity contribution in [1.29, 1.82) is 0 Å². The number of anilines is 1. The van der Waals surface area contributed by atoms with Crippen LogP contribution in [0.15, 0.2) is 30.5 Å². The van der Waals surface area contributed by atoms with Crippen molar-refractivity contribution < 1.29 is 9.59 Å². The molecular weight excluding hydrogens is 400 g/mol. The lowest BCUT2D eigenvalue weighted by Gasteiger charge is -2.28. The van der Waals surface area contributed by atoms with Gasteiger partial charge in [0, 0.05) is 17.9 Å². The maximum Gasteiger partial charge on any atom is 0.270 e. The van der Waals surface area contributed by atoms with Crippen LogP contribution in [0.5, 0.6) is 0 Å². The molecule has 2 unspecified atom stereocenters. The van der Waals surface area contributed by atoms with Crippen molar-refractivity contribution in [1.82, 2.24) is 15.1 Å². The van der Waals surface area contributed by atoms with Gasteiger partial charge >= 0.3 is 0 Å². The summed E-state index contributed by atoms with van der Waals surface area (Å²) in [6, 6.07) is 7.56. The van der Waals surface area contributed by atoms with E-state index in [4.69, 9.17) is 0 Å². The highest BCUT2D eigenvalue weighted by Gasteiger charge is 2.48. The number of hydrogen-bond donors (Lipinski definition) is 2. The molecule has 1 aromatic carbocycles. The molecule has 6 nitrogen and oxygen atoms in total. The zero-order valence-corrected chi connectivity index (χ0v) is 19.3. The van der Waals surface area contributed by atoms with Gasteiger partial charge in [-0.25, -0.2) is 0 Å². The molecule has 0 saturated heterocycles. The van der Waals surface area contributed by atoms with Gasteiger partial charge in [0.1, 0.15) is 11.7 Å². The average molecular weight is 435 g/mol. The minimum Gasteiger partial charge on any atom is -0.339 e. The van der Waals surface area contributed by atoms with E-state index in [1.165, 1.54) is 17.5 Å². The van der Waals surface area contributed by atoms with Gasteiger partial charge in [-0.3, -0.25) is 14.3 Å². The fourth-order valence-corrected chi connectivity index (χ4v) is 5.48. The number of aromatic nitrogens is 2. The van der Waals surface area contributed by atoms with E-state index in [2.05, 4.69) is 34.8 Å². The fourth-order valence-electron chi connectivity index (χ4n) is 5.48. The Morgan fingerprint density at radius 3 is 2.44 bits per heavy atom. The molecular formula is C26H34N4O2. The fraction of sp³-hybridized carbons (Fsp3) is 0.577. The molecule has 2 saturated carbocycles. The molecule has 32 heavy (non-hydrogen) atoms. The van der Waals surface area contributed by atoms with E-state index >= 15 is 0 Å². The molecule has 0 aliphatic heterocycles. The Morgan fingerprint density at radius 2 is 1.78 bits per heavy atom. The number of carbonyl (C=O) groups excluding carboxylic acids is 2. The van der Waals surface area contributed by atoms with Crippen molar-refractivity contribution in [3.63, 3.8) is 0 Å². The molecule has 2 amide bonds. The first-order valence-electron chi connectivity index (χ1n) is 12.2. The maximum absolute atomic E-state index is 13.6. The zero-order chi connectivity index (χ0) is 22.4. The number of nitrogens with one attached hydrogen (secondary N) is 2. The van der Waals surface area contributed by atoms with E-state index in [9.17, 15) is 9.59 Å². The van der Waals surface area contributed by atoms with Crippen LogP contribution in [0.4, 0.5) is 5.69 Å². The Morgan fingerprint density at radius 1 is 1.06 bits per heavy atom. The van der Waals surface area contributed by atoms with Crippen LogP contribution in [0.25, 0.3) is 0 Å². The second kappa shape index (κ2) is 8.38. The largest absolute Gasteiger partial charge is 0.339 e. The number of hydrogen-bond acceptors (Lipinski definition) is 3. The summed E-state index contributed by atoms with van der Waals surface area (Å²) < 4.78 is 1.72. The van der Waals surface area contributed by atoms with Crippen molar-refractivity contribution in [2.45, 2.75) is 77.3 Å². The van der Waals surface area contributed by atoms with Gasteiger partial charge in [0.15, 0.2) is 0 Å². The summed E-state index contributed by atoms with van der Waals surface area (Å²) in [5.74, 6) is 1.56. The summed E-state index contributed by atoms with van der Waals surface area (Å²) in [6.07, 6.45) is 8.49. The van der Waals surface area contributed by atoms with Crippen molar-refractivity contribution in [2.24, 2.45) is 17.8 Å². The summed E-state index contributed by atoms with van der Waals surface area (Å²) in [5.41, 5.74) is 4.07. The minimum absolute atomic E-state index is 0.0782. The third kappa shape index (κ3) is 4.19. The van der Waals surface area contributed by atoms with E-state index in [1.807, 2.05) is 19.9 Å². The first-order valence-corrected chi connectivity index (χ1v) is 12.2. The van der Waals surface area contributed by atoms with E-state index in [0.717, 1.165) is 37.8 Å². The van der Waals surface area contributed by atoms with Crippen molar-refractivity contribution in [3.05, 3.63) is 47.3 Å². The molecule has 2 aromatic rings. The summed E-state index contributed by atoms with van der Waals surface area (Å²) in [6.45, 7) is 6.26. The van der Waals surface area contributed by atoms with E-state index in [-0.39, 0.29) is 23.8 Å². The Hall–Kier alpha value is -2.63. The molecule has 170 valence electrons. The van der Waals surface area contributed by atoms with Crippen LogP contribution in [-0.4, -0.2) is 27.6 Å². The number of rotatable bonds is 8. The lowest BCUT2D eigenvalue weighted by molar-refractivity contribution is -0.119. The standard InChI is InChI=1S/C26H34N4O2/c1-15(2)30-22(12-13-27-30)25(31)29-24(23(17-6-7-17)18-8-9-18)26(32)28-20-10-11-21-16(3)4-5-19(21)14-20/h10-18,23-24H,4-9H2,1-3H3,(H,28,32)(H,29,31). The third-order valence-electron chi connectivity index (χ3n) is 7.47. The molecule has 0 bridgehead atoms. The third-order valence-corrected chi connectivity index (χ3v) is 7.47. The Balaban J connectivity index is 1.38. The predicted molar refractivity (Wildman–Crippen MR) is 125 cm³/mol. The quantitative estimate of drug-likeness (QED) is 0.633. The first-order chi connectivity index (χ1) is 15.4. The summed E-state index contributed by atoms with van der Waals surface area (Å²) >= 11 is 0. The molecule has 0 radical (unpaired) electrons. The van der Waals surface area contributed by atoms with Crippen LogP contribution < -0.4 is 10.6 Å². The molecule has 0 spiro atoms. The highest BCUT2D eigenvalue weighted by Crippen LogP contribution is 2.51. The van der Waals surface area contributed by atoms with Crippen LogP contribution in [0.1, 0.15) is 86.5 Å². The molecule has 5 rings (SSSR count). The zero-order valence-electron chi connectivity index (χ0n) is 19.3. The number of aryl methyl sites for hydroxylation is 1. The van der Waals surface area contributed by atoms with Crippen molar-refractivity contribution >= 4 is 17.5 Å². The number of benzene rings is 1. The Labute approximate surface area is 190 Å². The van der Waals surface area contributed by atoms with E-state index < -0.39 is 6.04 Å². The van der Waals surface area contributed by atoms with Crippen LogP contribution in [0, 0.1) is 17.8 Å². The highest BCUT2D eigenvalue weighted by molar-refractivity contribution is 6.00. The molecule has 1 heterocycles. The SMILES string of the molecule is CC1CCc2cc(NC(=O)C(NC(=O)c3ccnn3C(C)C)C(C3CC3)C3CC3)ccc21. The summed E-state index contributed by atoms with van der Waals surface area (Å²) in [7, 11) is 0. The predicted octanol–water partition coefficient (Wildman–Crippen LogP) is 4.69. The topological polar surface area (TPSA) is 76.0 Å². The van der Waals surface area contributed by atoms with Gasteiger partial charge < -0.3 is 10.6 Å². The van der Waals surface area contributed by atoms with Crippen molar-refractivity contribution in [2.75, 3.05) is 5.32 Å². The van der Waals surface area contributed by atoms with Gasteiger partial charge in [0.25, 0.3) is 5.91 Å². The Bertz CT molecular complexity index is 1010.